The second-order valence-electron chi connectivity index (χ2n) is 7.95. The molecule has 0 saturated heterocycles. The number of anilines is 2. The molecule has 0 fully saturated rings. The molecular formula is C24H25N5O3. The zero-order chi connectivity index (χ0) is 22.2. The highest BCUT2D eigenvalue weighted by molar-refractivity contribution is 5.78. The number of hydrogen-bond acceptors (Lipinski definition) is 5. The van der Waals surface area contributed by atoms with Crippen LogP contribution in [-0.2, 0) is 26.6 Å². The van der Waals surface area contributed by atoms with Crippen LogP contribution in [0.25, 0.3) is 11.2 Å². The quantitative estimate of drug-likeness (QED) is 0.486. The van der Waals surface area contributed by atoms with Crippen LogP contribution in [0.5, 0.6) is 5.75 Å². The van der Waals surface area contributed by atoms with Crippen LogP contribution in [0, 0.1) is 0 Å². The Balaban J connectivity index is 1.64. The molecule has 5 rings (SSSR count). The Morgan fingerprint density at radius 1 is 1.00 bits per heavy atom. The molecule has 0 aliphatic carbocycles. The van der Waals surface area contributed by atoms with Gasteiger partial charge in [0.1, 0.15) is 5.75 Å². The van der Waals surface area contributed by atoms with Gasteiger partial charge in [-0.25, -0.2) is 4.79 Å². The number of imidazole rings is 1. The molecule has 2 aromatic heterocycles. The summed E-state index contributed by atoms with van der Waals surface area (Å²) in [7, 11) is 3.32. The van der Waals surface area contributed by atoms with Gasteiger partial charge < -0.3 is 14.2 Å². The molecular weight excluding hydrogens is 406 g/mol. The zero-order valence-corrected chi connectivity index (χ0v) is 18.2. The van der Waals surface area contributed by atoms with Crippen LogP contribution >= 0.6 is 0 Å². The standard InChI is InChI=1S/C24H25N5O3/c1-26-21-20(22(30)29(24(26)31)16-13-17-9-4-3-5-10-17)28-15-8-14-27(23(28)25-21)18-11-6-7-12-19(18)32-2/h3-7,9-12H,8,13-16H2,1-2H3. The van der Waals surface area contributed by atoms with Crippen molar-refractivity contribution < 1.29 is 4.74 Å². The average Bonchev–Trinajstić information content (AvgIpc) is 3.23. The Bertz CT molecular complexity index is 1400. The fourth-order valence-corrected chi connectivity index (χ4v) is 4.43. The van der Waals surface area contributed by atoms with E-state index in [0.29, 0.717) is 36.6 Å². The second-order valence-corrected chi connectivity index (χ2v) is 7.95. The molecule has 0 unspecified atom stereocenters. The van der Waals surface area contributed by atoms with E-state index in [4.69, 9.17) is 9.72 Å². The van der Waals surface area contributed by atoms with Crippen molar-refractivity contribution in [1.82, 2.24) is 18.7 Å². The van der Waals surface area contributed by atoms with Crippen LogP contribution in [0.1, 0.15) is 12.0 Å². The van der Waals surface area contributed by atoms with Crippen molar-refractivity contribution in [3.63, 3.8) is 0 Å². The van der Waals surface area contributed by atoms with Crippen LogP contribution in [0.2, 0.25) is 0 Å². The summed E-state index contributed by atoms with van der Waals surface area (Å²) in [6.45, 7) is 1.74. The van der Waals surface area contributed by atoms with Gasteiger partial charge in [-0.05, 0) is 30.5 Å². The SMILES string of the molecule is COc1ccccc1N1CCCn2c1nc1c2c(=O)n(CCc2ccccc2)c(=O)n1C. The van der Waals surface area contributed by atoms with Crippen LogP contribution in [0.15, 0.2) is 64.2 Å². The van der Waals surface area contributed by atoms with Gasteiger partial charge in [0.2, 0.25) is 5.95 Å². The minimum Gasteiger partial charge on any atom is -0.495 e. The molecule has 0 spiro atoms. The lowest BCUT2D eigenvalue weighted by Crippen LogP contribution is -2.40. The monoisotopic (exact) mass is 431 g/mol. The summed E-state index contributed by atoms with van der Waals surface area (Å²) in [5.41, 5.74) is 2.21. The Morgan fingerprint density at radius 2 is 1.75 bits per heavy atom. The number of aromatic nitrogens is 4. The molecule has 8 nitrogen and oxygen atoms in total. The third-order valence-electron chi connectivity index (χ3n) is 6.06. The number of benzene rings is 2. The molecule has 8 heteroatoms. The van der Waals surface area contributed by atoms with Crippen molar-refractivity contribution in [3.8, 4) is 5.75 Å². The first kappa shape index (κ1) is 20.1. The number of ether oxygens (including phenoxy) is 1. The fraction of sp³-hybridized carbons (Fsp3) is 0.292. The number of methoxy groups -OCH3 is 1. The normalized spacial score (nSPS) is 13.4. The van der Waals surface area contributed by atoms with E-state index in [-0.39, 0.29) is 11.2 Å². The van der Waals surface area contributed by atoms with Crippen molar-refractivity contribution in [3.05, 3.63) is 81.0 Å². The fourth-order valence-electron chi connectivity index (χ4n) is 4.43. The van der Waals surface area contributed by atoms with Crippen molar-refractivity contribution in [2.75, 3.05) is 18.6 Å². The molecule has 3 heterocycles. The summed E-state index contributed by atoms with van der Waals surface area (Å²) >= 11 is 0. The van der Waals surface area contributed by atoms with E-state index in [9.17, 15) is 9.59 Å². The number of aryl methyl sites for hydroxylation is 3. The van der Waals surface area contributed by atoms with Gasteiger partial charge in [0.05, 0.1) is 12.8 Å². The highest BCUT2D eigenvalue weighted by Crippen LogP contribution is 2.36. The van der Waals surface area contributed by atoms with E-state index in [1.807, 2.05) is 59.2 Å². The predicted molar refractivity (Wildman–Crippen MR) is 124 cm³/mol. The molecule has 2 aromatic carbocycles. The zero-order valence-electron chi connectivity index (χ0n) is 18.2. The first-order valence-electron chi connectivity index (χ1n) is 10.7. The Labute approximate surface area is 184 Å². The Morgan fingerprint density at radius 3 is 2.53 bits per heavy atom. The molecule has 32 heavy (non-hydrogen) atoms. The first-order valence-corrected chi connectivity index (χ1v) is 10.7. The van der Waals surface area contributed by atoms with E-state index in [0.717, 1.165) is 30.0 Å². The molecule has 1 aliphatic heterocycles. The third-order valence-corrected chi connectivity index (χ3v) is 6.06. The summed E-state index contributed by atoms with van der Waals surface area (Å²) in [6.07, 6.45) is 1.46. The molecule has 0 bridgehead atoms. The van der Waals surface area contributed by atoms with Gasteiger partial charge in [0.15, 0.2) is 11.2 Å². The molecule has 4 aromatic rings. The summed E-state index contributed by atoms with van der Waals surface area (Å²) < 4.78 is 10.3. The maximum Gasteiger partial charge on any atom is 0.332 e. The first-order chi connectivity index (χ1) is 15.6. The van der Waals surface area contributed by atoms with Crippen molar-refractivity contribution in [2.24, 2.45) is 7.05 Å². The topological polar surface area (TPSA) is 74.3 Å². The van der Waals surface area contributed by atoms with Crippen LogP contribution in [-0.4, -0.2) is 32.3 Å². The molecule has 1 aliphatic rings. The van der Waals surface area contributed by atoms with Gasteiger partial charge in [-0.1, -0.05) is 42.5 Å². The maximum atomic E-state index is 13.5. The molecule has 0 amide bonds. The minimum absolute atomic E-state index is 0.292. The smallest absolute Gasteiger partial charge is 0.332 e. The number of hydrogen-bond donors (Lipinski definition) is 0. The third kappa shape index (κ3) is 3.19. The van der Waals surface area contributed by atoms with E-state index in [2.05, 4.69) is 4.90 Å². The van der Waals surface area contributed by atoms with Gasteiger partial charge >= 0.3 is 5.69 Å². The number of fused-ring (bicyclic) bond motifs is 3. The lowest BCUT2D eigenvalue weighted by Gasteiger charge is -2.30. The molecule has 0 N–H and O–H groups in total. The van der Waals surface area contributed by atoms with Crippen molar-refractivity contribution >= 4 is 22.8 Å². The largest absolute Gasteiger partial charge is 0.495 e. The highest BCUT2D eigenvalue weighted by atomic mass is 16.5. The molecule has 0 atom stereocenters. The summed E-state index contributed by atoms with van der Waals surface area (Å²) in [4.78, 5) is 33.3. The lowest BCUT2D eigenvalue weighted by molar-refractivity contribution is 0.414. The summed E-state index contributed by atoms with van der Waals surface area (Å²) in [5, 5.41) is 0. The predicted octanol–water partition coefficient (Wildman–Crippen LogP) is 2.69. The lowest BCUT2D eigenvalue weighted by atomic mass is 10.1. The van der Waals surface area contributed by atoms with E-state index < -0.39 is 0 Å². The van der Waals surface area contributed by atoms with Gasteiger partial charge in [-0.3, -0.25) is 13.9 Å². The number of para-hydroxylation sites is 2. The van der Waals surface area contributed by atoms with E-state index in [1.165, 1.54) is 9.13 Å². The second kappa shape index (κ2) is 8.03. The van der Waals surface area contributed by atoms with Crippen molar-refractivity contribution in [1.29, 1.82) is 0 Å². The Hall–Kier alpha value is -3.81. The van der Waals surface area contributed by atoms with Crippen molar-refractivity contribution in [2.45, 2.75) is 25.9 Å². The number of rotatable bonds is 5. The van der Waals surface area contributed by atoms with Gasteiger partial charge in [-0.15, -0.1) is 0 Å². The van der Waals surface area contributed by atoms with Gasteiger partial charge in [0.25, 0.3) is 5.56 Å². The van der Waals surface area contributed by atoms with Crippen LogP contribution in [0.3, 0.4) is 0 Å². The molecule has 0 saturated carbocycles. The van der Waals surface area contributed by atoms with Gasteiger partial charge in [0, 0.05) is 26.7 Å². The number of nitrogens with zero attached hydrogens (tertiary/aromatic N) is 5. The average molecular weight is 431 g/mol. The summed E-state index contributed by atoms with van der Waals surface area (Å²) in [5.74, 6) is 1.39. The van der Waals surface area contributed by atoms with Crippen LogP contribution < -0.4 is 20.9 Å². The van der Waals surface area contributed by atoms with E-state index >= 15 is 0 Å². The maximum absolute atomic E-state index is 13.5. The van der Waals surface area contributed by atoms with Gasteiger partial charge in [-0.2, -0.15) is 4.98 Å². The molecule has 164 valence electrons. The summed E-state index contributed by atoms with van der Waals surface area (Å²) in [6, 6.07) is 17.6. The highest BCUT2D eigenvalue weighted by Gasteiger charge is 2.28. The minimum atomic E-state index is -0.349. The van der Waals surface area contributed by atoms with Crippen LogP contribution in [0.4, 0.5) is 11.6 Å². The Kier molecular flexibility index (Phi) is 5.05. The molecule has 0 radical (unpaired) electrons. The van der Waals surface area contributed by atoms with E-state index in [1.54, 1.807) is 14.2 Å².